The Kier molecular flexibility index (Phi) is 6.92. The molecular formula is C29H29N7S. The number of hydrogen-bond donors (Lipinski definition) is 0. The van der Waals surface area contributed by atoms with Gasteiger partial charge in [-0.3, -0.25) is 15.0 Å². The average Bonchev–Trinajstić information content (AvgIpc) is 3.19. The van der Waals surface area contributed by atoms with Gasteiger partial charge < -0.3 is 9.47 Å². The summed E-state index contributed by atoms with van der Waals surface area (Å²) in [6, 6.07) is 17.0. The summed E-state index contributed by atoms with van der Waals surface area (Å²) in [5, 5.41) is 11.0. The Balaban J connectivity index is 1.02. The van der Waals surface area contributed by atoms with Crippen LogP contribution in [-0.4, -0.2) is 60.0 Å². The van der Waals surface area contributed by atoms with Gasteiger partial charge in [-0.1, -0.05) is 30.0 Å². The van der Waals surface area contributed by atoms with Crippen LogP contribution in [0.3, 0.4) is 0 Å². The van der Waals surface area contributed by atoms with Crippen LogP contribution < -0.4 is 0 Å². The van der Waals surface area contributed by atoms with Gasteiger partial charge in [0.25, 0.3) is 0 Å². The fourth-order valence-corrected chi connectivity index (χ4v) is 5.80. The van der Waals surface area contributed by atoms with Crippen molar-refractivity contribution < 1.29 is 0 Å². The van der Waals surface area contributed by atoms with Crippen LogP contribution in [0.4, 0.5) is 0 Å². The van der Waals surface area contributed by atoms with Gasteiger partial charge in [0.2, 0.25) is 0 Å². The molecule has 0 amide bonds. The highest BCUT2D eigenvalue weighted by Crippen LogP contribution is 2.26. The number of benzene rings is 2. The maximum absolute atomic E-state index is 4.48. The van der Waals surface area contributed by atoms with E-state index in [0.29, 0.717) is 0 Å². The molecule has 1 aliphatic rings. The van der Waals surface area contributed by atoms with Gasteiger partial charge in [0.15, 0.2) is 11.0 Å². The monoisotopic (exact) mass is 507 g/mol. The first-order valence-electron chi connectivity index (χ1n) is 12.7. The minimum atomic E-state index is 0.888. The summed E-state index contributed by atoms with van der Waals surface area (Å²) in [7, 11) is 2.05. The van der Waals surface area contributed by atoms with E-state index >= 15 is 0 Å². The van der Waals surface area contributed by atoms with Crippen LogP contribution in [0.1, 0.15) is 17.5 Å². The summed E-state index contributed by atoms with van der Waals surface area (Å²) in [4.78, 5) is 15.7. The summed E-state index contributed by atoms with van der Waals surface area (Å²) in [5.41, 5.74) is 7.05. The predicted octanol–water partition coefficient (Wildman–Crippen LogP) is 5.07. The third kappa shape index (κ3) is 5.26. The van der Waals surface area contributed by atoms with Crippen LogP contribution in [0.25, 0.3) is 33.5 Å². The molecule has 0 bridgehead atoms. The lowest BCUT2D eigenvalue weighted by atomic mass is 9.99. The SMILES string of the molecule is Cn1c(SCCCN2CCc3ccc(-c4cnccn4)cc3CC2)nnc1-c1ccc2ncccc2c1. The molecule has 4 heterocycles. The quantitative estimate of drug-likeness (QED) is 0.225. The van der Waals surface area contributed by atoms with E-state index in [9.17, 15) is 0 Å². The van der Waals surface area contributed by atoms with E-state index in [1.54, 1.807) is 24.2 Å². The van der Waals surface area contributed by atoms with Crippen molar-refractivity contribution in [3.8, 4) is 22.6 Å². The molecule has 0 fully saturated rings. The van der Waals surface area contributed by atoms with Crippen LogP contribution >= 0.6 is 11.8 Å². The molecule has 0 radical (unpaired) electrons. The highest BCUT2D eigenvalue weighted by Gasteiger charge is 2.16. The lowest BCUT2D eigenvalue weighted by molar-refractivity contribution is 0.289. The second kappa shape index (κ2) is 10.8. The van der Waals surface area contributed by atoms with E-state index in [-0.39, 0.29) is 0 Å². The molecule has 37 heavy (non-hydrogen) atoms. The van der Waals surface area contributed by atoms with Crippen LogP contribution in [-0.2, 0) is 19.9 Å². The predicted molar refractivity (Wildman–Crippen MR) is 148 cm³/mol. The third-order valence-electron chi connectivity index (χ3n) is 7.01. The zero-order valence-corrected chi connectivity index (χ0v) is 21.7. The molecule has 2 aromatic carbocycles. The van der Waals surface area contributed by atoms with Crippen molar-refractivity contribution in [2.45, 2.75) is 24.4 Å². The highest BCUT2D eigenvalue weighted by molar-refractivity contribution is 7.99. The van der Waals surface area contributed by atoms with E-state index in [2.05, 4.69) is 71.0 Å². The summed E-state index contributed by atoms with van der Waals surface area (Å²) < 4.78 is 2.10. The van der Waals surface area contributed by atoms with Crippen molar-refractivity contribution >= 4 is 22.7 Å². The van der Waals surface area contributed by atoms with E-state index in [4.69, 9.17) is 0 Å². The molecule has 186 valence electrons. The first-order valence-corrected chi connectivity index (χ1v) is 13.7. The van der Waals surface area contributed by atoms with E-state index < -0.39 is 0 Å². The molecule has 0 saturated carbocycles. The number of fused-ring (bicyclic) bond motifs is 2. The Morgan fingerprint density at radius 3 is 2.65 bits per heavy atom. The Bertz CT molecular complexity index is 1520. The van der Waals surface area contributed by atoms with Crippen LogP contribution in [0, 0.1) is 0 Å². The zero-order valence-electron chi connectivity index (χ0n) is 20.9. The molecule has 1 aliphatic heterocycles. The van der Waals surface area contributed by atoms with Crippen molar-refractivity contribution in [3.05, 3.63) is 84.4 Å². The lowest BCUT2D eigenvalue weighted by Gasteiger charge is -2.19. The third-order valence-corrected chi connectivity index (χ3v) is 8.11. The van der Waals surface area contributed by atoms with Gasteiger partial charge in [0.1, 0.15) is 0 Å². The maximum atomic E-state index is 4.48. The molecule has 6 rings (SSSR count). The molecule has 8 heteroatoms. The number of pyridine rings is 1. The van der Waals surface area contributed by atoms with Crippen LogP contribution in [0.2, 0.25) is 0 Å². The fourth-order valence-electron chi connectivity index (χ4n) is 4.96. The summed E-state index contributed by atoms with van der Waals surface area (Å²) in [5.74, 6) is 1.91. The smallest absolute Gasteiger partial charge is 0.191 e. The standard InChI is InChI=1S/C29H29N7S/c1-35-28(25-7-8-26-23(19-25)4-2-11-31-26)33-34-29(35)37-17-3-14-36-15-9-21-5-6-24(18-22(21)10-16-36)27-20-30-12-13-32-27/h2,4-8,11-13,18-20H,3,9-10,14-17H2,1H3. The molecular weight excluding hydrogens is 478 g/mol. The second-order valence-electron chi connectivity index (χ2n) is 9.39. The lowest BCUT2D eigenvalue weighted by Crippen LogP contribution is -2.27. The Morgan fingerprint density at radius 2 is 1.76 bits per heavy atom. The van der Waals surface area contributed by atoms with Gasteiger partial charge in [0, 0.05) is 61.0 Å². The normalized spacial score (nSPS) is 14.0. The number of thioether (sulfide) groups is 1. The Morgan fingerprint density at radius 1 is 0.865 bits per heavy atom. The molecule has 5 aromatic rings. The molecule has 3 aromatic heterocycles. The van der Waals surface area contributed by atoms with E-state index in [1.807, 2.05) is 31.6 Å². The van der Waals surface area contributed by atoms with Crippen LogP contribution in [0.5, 0.6) is 0 Å². The topological polar surface area (TPSA) is 72.6 Å². The summed E-state index contributed by atoms with van der Waals surface area (Å²) in [6.07, 6.45) is 10.4. The summed E-state index contributed by atoms with van der Waals surface area (Å²) >= 11 is 1.78. The minimum Gasteiger partial charge on any atom is -0.305 e. The molecule has 0 saturated heterocycles. The molecule has 7 nitrogen and oxygen atoms in total. The van der Waals surface area contributed by atoms with Gasteiger partial charge in [-0.05, 0) is 67.3 Å². The van der Waals surface area contributed by atoms with Gasteiger partial charge in [-0.2, -0.15) is 0 Å². The highest BCUT2D eigenvalue weighted by atomic mass is 32.2. The van der Waals surface area contributed by atoms with Gasteiger partial charge >= 0.3 is 0 Å². The number of hydrogen-bond acceptors (Lipinski definition) is 7. The molecule has 0 unspecified atom stereocenters. The van der Waals surface area contributed by atoms with Crippen molar-refractivity contribution in [3.63, 3.8) is 0 Å². The van der Waals surface area contributed by atoms with E-state index in [1.165, 1.54) is 11.1 Å². The second-order valence-corrected chi connectivity index (χ2v) is 10.5. The Hall–Kier alpha value is -3.62. The van der Waals surface area contributed by atoms with Gasteiger partial charge in [0.05, 0.1) is 17.4 Å². The maximum Gasteiger partial charge on any atom is 0.191 e. The summed E-state index contributed by atoms with van der Waals surface area (Å²) in [6.45, 7) is 3.29. The van der Waals surface area contributed by atoms with Crippen molar-refractivity contribution in [1.29, 1.82) is 0 Å². The fraction of sp³-hybridized carbons (Fsp3) is 0.276. The van der Waals surface area contributed by atoms with Gasteiger partial charge in [-0.15, -0.1) is 10.2 Å². The molecule has 0 atom stereocenters. The first kappa shape index (κ1) is 23.8. The minimum absolute atomic E-state index is 0.888. The average molecular weight is 508 g/mol. The van der Waals surface area contributed by atoms with Crippen LogP contribution in [0.15, 0.2) is 78.5 Å². The van der Waals surface area contributed by atoms with Crippen molar-refractivity contribution in [2.24, 2.45) is 7.05 Å². The zero-order chi connectivity index (χ0) is 25.0. The first-order chi connectivity index (χ1) is 18.2. The molecule has 0 spiro atoms. The number of rotatable bonds is 7. The van der Waals surface area contributed by atoms with Gasteiger partial charge in [-0.25, -0.2) is 0 Å². The number of nitrogens with zero attached hydrogens (tertiary/aromatic N) is 7. The Labute approximate surface area is 221 Å². The number of aromatic nitrogens is 6. The van der Waals surface area contributed by atoms with Crippen molar-refractivity contribution in [1.82, 2.24) is 34.6 Å². The molecule has 0 aliphatic carbocycles. The molecule has 0 N–H and O–H groups in total. The van der Waals surface area contributed by atoms with Crippen molar-refractivity contribution in [2.75, 3.05) is 25.4 Å². The van der Waals surface area contributed by atoms with E-state index in [0.717, 1.165) is 83.4 Å². The largest absolute Gasteiger partial charge is 0.305 e.